The van der Waals surface area contributed by atoms with Crippen molar-refractivity contribution in [3.8, 4) is 16.8 Å². The fourth-order valence-electron chi connectivity index (χ4n) is 5.57. The van der Waals surface area contributed by atoms with Crippen molar-refractivity contribution in [2.24, 2.45) is 0 Å². The highest BCUT2D eigenvalue weighted by Crippen LogP contribution is 2.40. The molecule has 1 aliphatic heterocycles. The lowest BCUT2D eigenvalue weighted by Crippen LogP contribution is -2.36. The summed E-state index contributed by atoms with van der Waals surface area (Å²) in [6, 6.07) is 23.8. The number of nitrogens with zero attached hydrogens (tertiary/aromatic N) is 3. The number of likely N-dealkylation sites (tertiary alicyclic amines) is 1. The van der Waals surface area contributed by atoms with E-state index in [2.05, 4.69) is 48.9 Å². The molecule has 0 spiro atoms. The third kappa shape index (κ3) is 6.18. The number of aromatic nitrogens is 2. The van der Waals surface area contributed by atoms with Crippen LogP contribution in [0.2, 0.25) is 5.02 Å². The van der Waals surface area contributed by atoms with E-state index in [4.69, 9.17) is 21.3 Å². The highest BCUT2D eigenvalue weighted by atomic mass is 35.5. The third-order valence-corrected chi connectivity index (χ3v) is 8.95. The molecule has 0 bridgehead atoms. The minimum Gasteiger partial charge on any atom is -0.444 e. The van der Waals surface area contributed by atoms with Gasteiger partial charge in [-0.3, -0.25) is 9.11 Å². The second-order valence-corrected chi connectivity index (χ2v) is 14.1. The van der Waals surface area contributed by atoms with E-state index in [9.17, 15) is 9.00 Å². The van der Waals surface area contributed by atoms with Gasteiger partial charge in [-0.25, -0.2) is 9.78 Å². The Balaban J connectivity index is 1.58. The van der Waals surface area contributed by atoms with Crippen LogP contribution in [-0.2, 0) is 21.0 Å². The lowest BCUT2D eigenvalue weighted by Gasteiger charge is -2.28. The quantitative estimate of drug-likeness (QED) is 0.222. The molecule has 0 aliphatic carbocycles. The Morgan fingerprint density at radius 2 is 1.69 bits per heavy atom. The summed E-state index contributed by atoms with van der Waals surface area (Å²) >= 11 is 6.71. The van der Waals surface area contributed by atoms with Crippen molar-refractivity contribution in [1.29, 1.82) is 0 Å². The summed E-state index contributed by atoms with van der Waals surface area (Å²) in [6.45, 7) is 10.5. The molecule has 1 aromatic heterocycles. The Morgan fingerprint density at radius 1 is 0.976 bits per heavy atom. The molecular weight excluding hydrogens is 566 g/mol. The Kier molecular flexibility index (Phi) is 8.37. The maximum absolute atomic E-state index is 13.1. The molecule has 0 radical (unpaired) electrons. The molecule has 2 atom stereocenters. The normalized spacial score (nSPS) is 16.5. The minimum absolute atomic E-state index is 0.182. The molecule has 0 N–H and O–H groups in total. The van der Waals surface area contributed by atoms with E-state index in [0.29, 0.717) is 11.6 Å². The van der Waals surface area contributed by atoms with Crippen LogP contribution in [-0.4, -0.2) is 43.2 Å². The number of hydrogen-bond acceptors (Lipinski definition) is 4. The predicted molar refractivity (Wildman–Crippen MR) is 170 cm³/mol. The zero-order valence-electron chi connectivity index (χ0n) is 25.1. The van der Waals surface area contributed by atoms with Gasteiger partial charge in [-0.05, 0) is 94.5 Å². The number of rotatable bonds is 6. The van der Waals surface area contributed by atoms with Gasteiger partial charge in [-0.1, -0.05) is 54.1 Å². The van der Waals surface area contributed by atoms with E-state index >= 15 is 0 Å². The molecule has 220 valence electrons. The standard InChI is InChI=1S/C34H38ClN3O3S/c1-33(2,3)41-32(39)37-20-10-15-30(37)29-22-38(31(36-29)34(4,5)27-13-7-8-14-28(27)35)25-18-16-23(17-19-25)24-11-9-12-26(21-24)42(6)40/h7-9,11-14,16-19,21-22,30H,10,15,20H2,1-6H3. The summed E-state index contributed by atoms with van der Waals surface area (Å²) in [5.41, 5.74) is 3.68. The second-order valence-electron chi connectivity index (χ2n) is 12.3. The largest absolute Gasteiger partial charge is 0.444 e. The summed E-state index contributed by atoms with van der Waals surface area (Å²) in [6.07, 6.45) is 5.13. The minimum atomic E-state index is -1.05. The summed E-state index contributed by atoms with van der Waals surface area (Å²) in [5.74, 6) is 0.831. The van der Waals surface area contributed by atoms with Crippen LogP contribution in [0, 0.1) is 0 Å². The smallest absolute Gasteiger partial charge is 0.410 e. The first-order chi connectivity index (χ1) is 19.8. The molecule has 3 aromatic carbocycles. The summed E-state index contributed by atoms with van der Waals surface area (Å²) in [5, 5.41) is 0.679. The zero-order chi connectivity index (χ0) is 30.2. The third-order valence-electron chi connectivity index (χ3n) is 7.70. The van der Waals surface area contributed by atoms with Crippen molar-refractivity contribution in [2.75, 3.05) is 12.8 Å². The van der Waals surface area contributed by atoms with Gasteiger partial charge in [0.05, 0.1) is 11.7 Å². The summed E-state index contributed by atoms with van der Waals surface area (Å²) in [4.78, 5) is 21.0. The molecule has 1 amide bonds. The van der Waals surface area contributed by atoms with Crippen LogP contribution in [0.1, 0.15) is 70.6 Å². The molecule has 2 heterocycles. The molecule has 6 nitrogen and oxygen atoms in total. The van der Waals surface area contributed by atoms with Gasteiger partial charge in [0.2, 0.25) is 0 Å². The SMILES string of the molecule is CS(=O)c1cccc(-c2ccc(-n3cc(C4CCCN4C(=O)OC(C)(C)C)nc3C(C)(C)c3ccccc3Cl)cc2)c1. The number of hydrogen-bond donors (Lipinski definition) is 0. The van der Waals surface area contributed by atoms with Gasteiger partial charge in [0, 0.05) is 50.8 Å². The lowest BCUT2D eigenvalue weighted by molar-refractivity contribution is 0.0221. The number of carbonyl (C=O) groups excluding carboxylic acids is 1. The average molecular weight is 604 g/mol. The van der Waals surface area contributed by atoms with E-state index in [0.717, 1.165) is 51.6 Å². The predicted octanol–water partition coefficient (Wildman–Crippen LogP) is 8.33. The topological polar surface area (TPSA) is 64.4 Å². The van der Waals surface area contributed by atoms with Crippen molar-refractivity contribution in [3.05, 3.63) is 101 Å². The first kappa shape index (κ1) is 30.1. The van der Waals surface area contributed by atoms with Gasteiger partial charge in [0.25, 0.3) is 0 Å². The molecule has 0 saturated carbocycles. The molecule has 4 aromatic rings. The molecule has 1 aliphatic rings. The first-order valence-corrected chi connectivity index (χ1v) is 16.2. The number of halogens is 1. The Labute approximate surface area is 256 Å². The Bertz CT molecular complexity index is 1620. The van der Waals surface area contributed by atoms with Crippen LogP contribution in [0.4, 0.5) is 4.79 Å². The van der Waals surface area contributed by atoms with Gasteiger partial charge < -0.3 is 9.30 Å². The molecular formula is C34H38ClN3O3S. The molecule has 5 rings (SSSR count). The van der Waals surface area contributed by atoms with Crippen molar-refractivity contribution >= 4 is 28.5 Å². The molecule has 8 heteroatoms. The van der Waals surface area contributed by atoms with Gasteiger partial charge in [0.15, 0.2) is 0 Å². The fourth-order valence-corrected chi connectivity index (χ4v) is 6.50. The summed E-state index contributed by atoms with van der Waals surface area (Å²) < 4.78 is 19.9. The maximum atomic E-state index is 13.1. The van der Waals surface area contributed by atoms with E-state index < -0.39 is 21.8 Å². The molecule has 1 saturated heterocycles. The number of imidazole rings is 1. The number of ether oxygens (including phenoxy) is 1. The van der Waals surface area contributed by atoms with Crippen LogP contribution in [0.3, 0.4) is 0 Å². The Morgan fingerprint density at radius 3 is 2.36 bits per heavy atom. The van der Waals surface area contributed by atoms with Gasteiger partial charge in [0.1, 0.15) is 11.4 Å². The highest BCUT2D eigenvalue weighted by Gasteiger charge is 2.37. The van der Waals surface area contributed by atoms with Gasteiger partial charge in [-0.2, -0.15) is 0 Å². The fraction of sp³-hybridized carbons (Fsp3) is 0.353. The van der Waals surface area contributed by atoms with E-state index in [1.165, 1.54) is 0 Å². The lowest BCUT2D eigenvalue weighted by atomic mass is 9.83. The zero-order valence-corrected chi connectivity index (χ0v) is 26.6. The van der Waals surface area contributed by atoms with Crippen LogP contribution < -0.4 is 0 Å². The maximum Gasteiger partial charge on any atom is 0.410 e. The van der Waals surface area contributed by atoms with Crippen molar-refractivity contribution in [2.45, 2.75) is 69.4 Å². The van der Waals surface area contributed by atoms with Crippen LogP contribution in [0.5, 0.6) is 0 Å². The van der Waals surface area contributed by atoms with Crippen LogP contribution in [0.25, 0.3) is 16.8 Å². The second kappa shape index (κ2) is 11.7. The first-order valence-electron chi connectivity index (χ1n) is 14.2. The highest BCUT2D eigenvalue weighted by molar-refractivity contribution is 7.84. The van der Waals surface area contributed by atoms with E-state index in [1.54, 1.807) is 11.2 Å². The van der Waals surface area contributed by atoms with Crippen LogP contribution in [0.15, 0.2) is 83.9 Å². The van der Waals surface area contributed by atoms with Crippen molar-refractivity contribution in [1.82, 2.24) is 14.5 Å². The number of amides is 1. The Hall–Kier alpha value is -3.42. The van der Waals surface area contributed by atoms with E-state index in [-0.39, 0.29) is 12.1 Å². The van der Waals surface area contributed by atoms with Crippen LogP contribution >= 0.6 is 11.6 Å². The van der Waals surface area contributed by atoms with Crippen molar-refractivity contribution in [3.63, 3.8) is 0 Å². The molecule has 1 fully saturated rings. The van der Waals surface area contributed by atoms with Gasteiger partial charge in [-0.15, -0.1) is 0 Å². The van der Waals surface area contributed by atoms with E-state index in [1.807, 2.05) is 69.3 Å². The monoisotopic (exact) mass is 603 g/mol. The molecule has 42 heavy (non-hydrogen) atoms. The average Bonchev–Trinajstić information content (AvgIpc) is 3.61. The van der Waals surface area contributed by atoms with Gasteiger partial charge >= 0.3 is 6.09 Å². The number of carbonyl (C=O) groups is 1. The van der Waals surface area contributed by atoms with Crippen molar-refractivity contribution < 1.29 is 13.7 Å². The number of benzene rings is 3. The summed E-state index contributed by atoms with van der Waals surface area (Å²) in [7, 11) is -1.05. The molecule has 2 unspecified atom stereocenters.